The lowest BCUT2D eigenvalue weighted by atomic mass is 10.1. The van der Waals surface area contributed by atoms with Crippen molar-refractivity contribution in [3.63, 3.8) is 0 Å². The third kappa shape index (κ3) is 2.87. The number of piperazine rings is 1. The highest BCUT2D eigenvalue weighted by Crippen LogP contribution is 2.30. The van der Waals surface area contributed by atoms with Gasteiger partial charge in [0.15, 0.2) is 0 Å². The number of aromatic nitrogens is 4. The molecule has 0 atom stereocenters. The van der Waals surface area contributed by atoms with Crippen molar-refractivity contribution in [2.45, 2.75) is 0 Å². The second kappa shape index (κ2) is 6.40. The van der Waals surface area contributed by atoms with Crippen LogP contribution >= 0.6 is 0 Å². The third-order valence-corrected chi connectivity index (χ3v) is 4.28. The number of nitrogens with zero attached hydrogens (tertiary/aromatic N) is 5. The number of primary amides is 1. The molecule has 1 aliphatic heterocycles. The highest BCUT2D eigenvalue weighted by Gasteiger charge is 2.18. The van der Waals surface area contributed by atoms with Crippen LogP contribution in [0, 0.1) is 0 Å². The number of nitrogens with one attached hydrogen (secondary N) is 1. The zero-order valence-corrected chi connectivity index (χ0v) is 13.5. The van der Waals surface area contributed by atoms with Crippen molar-refractivity contribution in [2.24, 2.45) is 5.73 Å². The van der Waals surface area contributed by atoms with Gasteiger partial charge in [-0.2, -0.15) is 0 Å². The molecule has 4 rings (SSSR count). The van der Waals surface area contributed by atoms with Gasteiger partial charge in [-0.15, -0.1) is 10.2 Å². The maximum Gasteiger partial charge on any atom is 0.250 e. The van der Waals surface area contributed by atoms with E-state index in [-0.39, 0.29) is 0 Å². The lowest BCUT2D eigenvalue weighted by Gasteiger charge is -2.30. The second-order valence-corrected chi connectivity index (χ2v) is 5.82. The SMILES string of the molecule is NC(=O)c1ccc(N2CCNCC2)c2cc(-c3cnccn3)nnc12. The summed E-state index contributed by atoms with van der Waals surface area (Å²) in [4.78, 5) is 22.4. The monoisotopic (exact) mass is 335 g/mol. The molecule has 8 heteroatoms. The number of hydrogen-bond acceptors (Lipinski definition) is 7. The molecule has 1 amide bonds. The largest absolute Gasteiger partial charge is 0.368 e. The number of carbonyl (C=O) groups excluding carboxylic acids is 1. The van der Waals surface area contributed by atoms with E-state index in [0.717, 1.165) is 37.3 Å². The van der Waals surface area contributed by atoms with E-state index >= 15 is 0 Å². The molecule has 3 N–H and O–H groups in total. The van der Waals surface area contributed by atoms with E-state index in [1.54, 1.807) is 24.7 Å². The summed E-state index contributed by atoms with van der Waals surface area (Å²) in [5.41, 5.74) is 8.64. The molecule has 8 nitrogen and oxygen atoms in total. The van der Waals surface area contributed by atoms with Crippen LogP contribution in [-0.2, 0) is 0 Å². The topological polar surface area (TPSA) is 110 Å². The van der Waals surface area contributed by atoms with Gasteiger partial charge in [-0.25, -0.2) is 0 Å². The van der Waals surface area contributed by atoms with Crippen LogP contribution in [0.15, 0.2) is 36.8 Å². The number of hydrogen-bond donors (Lipinski definition) is 2. The maximum absolute atomic E-state index is 11.8. The first-order valence-corrected chi connectivity index (χ1v) is 8.06. The fraction of sp³-hybridized carbons (Fsp3) is 0.235. The van der Waals surface area contributed by atoms with Crippen molar-refractivity contribution < 1.29 is 4.79 Å². The third-order valence-electron chi connectivity index (χ3n) is 4.28. The number of fused-ring (bicyclic) bond motifs is 1. The summed E-state index contributed by atoms with van der Waals surface area (Å²) in [6.07, 6.45) is 4.85. The molecule has 1 fully saturated rings. The number of carbonyl (C=O) groups is 1. The molecule has 0 unspecified atom stereocenters. The van der Waals surface area contributed by atoms with Crippen LogP contribution in [0.4, 0.5) is 5.69 Å². The van der Waals surface area contributed by atoms with Gasteiger partial charge in [0.25, 0.3) is 5.91 Å². The number of nitrogens with two attached hydrogens (primary N) is 1. The molecule has 0 bridgehead atoms. The Kier molecular flexibility index (Phi) is 3.95. The molecule has 1 aromatic carbocycles. The predicted octanol–water partition coefficient (Wildman–Crippen LogP) is 0.595. The van der Waals surface area contributed by atoms with Gasteiger partial charge < -0.3 is 16.0 Å². The van der Waals surface area contributed by atoms with Gasteiger partial charge in [0.05, 0.1) is 11.8 Å². The van der Waals surface area contributed by atoms with Crippen molar-refractivity contribution in [2.75, 3.05) is 31.1 Å². The summed E-state index contributed by atoms with van der Waals surface area (Å²) >= 11 is 0. The van der Waals surface area contributed by atoms with Crippen molar-refractivity contribution in [1.29, 1.82) is 0 Å². The standard InChI is InChI=1S/C17H17N7O/c18-17(25)11-1-2-15(24-7-5-19-6-8-24)12-9-13(22-23-16(11)12)14-10-20-3-4-21-14/h1-4,9-10,19H,5-8H2,(H2,18,25). The average molecular weight is 335 g/mol. The van der Waals surface area contributed by atoms with Gasteiger partial charge >= 0.3 is 0 Å². The van der Waals surface area contributed by atoms with E-state index in [0.29, 0.717) is 22.5 Å². The van der Waals surface area contributed by atoms with Crippen LogP contribution in [0.25, 0.3) is 22.3 Å². The minimum Gasteiger partial charge on any atom is -0.368 e. The van der Waals surface area contributed by atoms with E-state index in [1.807, 2.05) is 12.1 Å². The minimum atomic E-state index is -0.515. The average Bonchev–Trinajstić information content (AvgIpc) is 2.68. The molecular formula is C17H17N7O. The van der Waals surface area contributed by atoms with E-state index in [1.165, 1.54) is 0 Å². The smallest absolute Gasteiger partial charge is 0.250 e. The Hall–Kier alpha value is -3.13. The second-order valence-electron chi connectivity index (χ2n) is 5.82. The van der Waals surface area contributed by atoms with Gasteiger partial charge in [0.1, 0.15) is 16.9 Å². The number of benzene rings is 1. The summed E-state index contributed by atoms with van der Waals surface area (Å²) in [5.74, 6) is -0.515. The van der Waals surface area contributed by atoms with Crippen LogP contribution < -0.4 is 16.0 Å². The van der Waals surface area contributed by atoms with E-state index in [9.17, 15) is 4.79 Å². The highest BCUT2D eigenvalue weighted by molar-refractivity contribution is 6.08. The van der Waals surface area contributed by atoms with Crippen molar-refractivity contribution in [3.05, 3.63) is 42.4 Å². The quantitative estimate of drug-likeness (QED) is 0.721. The number of rotatable bonds is 3. The van der Waals surface area contributed by atoms with Gasteiger partial charge in [-0.1, -0.05) is 0 Å². The van der Waals surface area contributed by atoms with Crippen molar-refractivity contribution >= 4 is 22.5 Å². The fourth-order valence-corrected chi connectivity index (χ4v) is 3.05. The predicted molar refractivity (Wildman–Crippen MR) is 94.2 cm³/mol. The first-order valence-electron chi connectivity index (χ1n) is 8.06. The van der Waals surface area contributed by atoms with E-state index in [4.69, 9.17) is 5.73 Å². The van der Waals surface area contributed by atoms with Gasteiger partial charge in [0, 0.05) is 49.6 Å². The molecule has 126 valence electrons. The lowest BCUT2D eigenvalue weighted by molar-refractivity contribution is 0.100. The molecule has 3 heterocycles. The zero-order valence-electron chi connectivity index (χ0n) is 13.5. The Morgan fingerprint density at radius 3 is 2.68 bits per heavy atom. The Bertz CT molecular complexity index is 923. The highest BCUT2D eigenvalue weighted by atomic mass is 16.1. The summed E-state index contributed by atoms with van der Waals surface area (Å²) in [7, 11) is 0. The number of anilines is 1. The Balaban J connectivity index is 1.91. The van der Waals surface area contributed by atoms with Crippen molar-refractivity contribution in [1.82, 2.24) is 25.5 Å². The molecule has 0 saturated carbocycles. The number of amides is 1. The molecule has 0 aliphatic carbocycles. The van der Waals surface area contributed by atoms with Crippen LogP contribution in [-0.4, -0.2) is 52.3 Å². The molecular weight excluding hydrogens is 318 g/mol. The van der Waals surface area contributed by atoms with Gasteiger partial charge in [-0.3, -0.25) is 14.8 Å². The molecule has 1 saturated heterocycles. The first-order chi connectivity index (χ1) is 12.2. The maximum atomic E-state index is 11.8. The molecule has 25 heavy (non-hydrogen) atoms. The summed E-state index contributed by atoms with van der Waals surface area (Å²) < 4.78 is 0. The Labute approximate surface area is 144 Å². The Morgan fingerprint density at radius 1 is 1.12 bits per heavy atom. The fourth-order valence-electron chi connectivity index (χ4n) is 3.05. The van der Waals surface area contributed by atoms with Gasteiger partial charge in [0.2, 0.25) is 0 Å². The van der Waals surface area contributed by atoms with Crippen molar-refractivity contribution in [3.8, 4) is 11.4 Å². The molecule has 3 aromatic rings. The lowest BCUT2D eigenvalue weighted by Crippen LogP contribution is -2.43. The molecule has 0 spiro atoms. The van der Waals surface area contributed by atoms with Crippen LogP contribution in [0.5, 0.6) is 0 Å². The Morgan fingerprint density at radius 2 is 1.96 bits per heavy atom. The first kappa shape index (κ1) is 15.4. The zero-order chi connectivity index (χ0) is 17.2. The van der Waals surface area contributed by atoms with Crippen LogP contribution in [0.1, 0.15) is 10.4 Å². The molecule has 1 aliphatic rings. The van der Waals surface area contributed by atoms with E-state index < -0.39 is 5.91 Å². The van der Waals surface area contributed by atoms with Crippen LogP contribution in [0.3, 0.4) is 0 Å². The summed E-state index contributed by atoms with van der Waals surface area (Å²) in [6, 6.07) is 5.55. The summed E-state index contributed by atoms with van der Waals surface area (Å²) in [5, 5.41) is 12.7. The van der Waals surface area contributed by atoms with Crippen LogP contribution in [0.2, 0.25) is 0 Å². The normalized spacial score (nSPS) is 14.6. The molecule has 0 radical (unpaired) electrons. The van der Waals surface area contributed by atoms with Gasteiger partial charge in [-0.05, 0) is 18.2 Å². The van der Waals surface area contributed by atoms with E-state index in [2.05, 4.69) is 30.4 Å². The summed E-state index contributed by atoms with van der Waals surface area (Å²) in [6.45, 7) is 3.59. The molecule has 2 aromatic heterocycles. The minimum absolute atomic E-state index is 0.368.